The summed E-state index contributed by atoms with van der Waals surface area (Å²) in [6, 6.07) is 17.2. The average molecular weight is 448 g/mol. The third kappa shape index (κ3) is 3.78. The molecular formula is C26H20N6O2. The highest BCUT2D eigenvalue weighted by Gasteiger charge is 2.18. The van der Waals surface area contributed by atoms with Crippen LogP contribution >= 0.6 is 0 Å². The highest BCUT2D eigenvalue weighted by atomic mass is 16.5. The van der Waals surface area contributed by atoms with Crippen LogP contribution in [0.5, 0.6) is 0 Å². The minimum atomic E-state index is 0.0266. The zero-order valence-electron chi connectivity index (χ0n) is 18.2. The number of fused-ring (bicyclic) bond motifs is 2. The van der Waals surface area contributed by atoms with Gasteiger partial charge in [0.15, 0.2) is 5.65 Å². The smallest absolute Gasteiger partial charge is 0.254 e. The fourth-order valence-electron chi connectivity index (χ4n) is 3.99. The van der Waals surface area contributed by atoms with E-state index in [-0.39, 0.29) is 5.91 Å². The second-order valence-electron chi connectivity index (χ2n) is 8.00. The number of hydrogen-bond acceptors (Lipinski definition) is 5. The number of rotatable bonds is 2. The van der Waals surface area contributed by atoms with Crippen molar-refractivity contribution in [3.8, 4) is 23.1 Å². The Bertz CT molecular complexity index is 1570. The van der Waals surface area contributed by atoms with Crippen molar-refractivity contribution in [2.45, 2.75) is 0 Å². The molecule has 8 heteroatoms. The fourth-order valence-corrected chi connectivity index (χ4v) is 3.99. The van der Waals surface area contributed by atoms with Gasteiger partial charge in [0.05, 0.1) is 42.5 Å². The third-order valence-electron chi connectivity index (χ3n) is 5.84. The molecule has 0 radical (unpaired) electrons. The highest BCUT2D eigenvalue weighted by molar-refractivity contribution is 5.94. The second kappa shape index (κ2) is 8.46. The second-order valence-corrected chi connectivity index (χ2v) is 8.00. The summed E-state index contributed by atoms with van der Waals surface area (Å²) < 4.78 is 7.07. The summed E-state index contributed by atoms with van der Waals surface area (Å²) in [6.07, 6.45) is 3.39. The van der Waals surface area contributed by atoms with Crippen LogP contribution in [0.3, 0.4) is 0 Å². The average Bonchev–Trinajstić information content (AvgIpc) is 3.54. The number of hydrogen-bond donors (Lipinski definition) is 1. The topological polar surface area (TPSA) is 88.4 Å². The van der Waals surface area contributed by atoms with Crippen LogP contribution in [0.4, 0.5) is 0 Å². The normalized spacial score (nSPS) is 13.7. The van der Waals surface area contributed by atoms with Gasteiger partial charge in [0.2, 0.25) is 0 Å². The van der Waals surface area contributed by atoms with Gasteiger partial charge in [-0.1, -0.05) is 18.1 Å². The molecular weight excluding hydrogens is 428 g/mol. The van der Waals surface area contributed by atoms with Crippen LogP contribution in [0.25, 0.3) is 27.9 Å². The Labute approximate surface area is 195 Å². The monoisotopic (exact) mass is 448 g/mol. The van der Waals surface area contributed by atoms with E-state index in [9.17, 15) is 4.79 Å². The molecule has 6 rings (SSSR count). The molecule has 1 aliphatic rings. The van der Waals surface area contributed by atoms with E-state index in [1.54, 1.807) is 17.0 Å². The van der Waals surface area contributed by atoms with Gasteiger partial charge in [-0.3, -0.25) is 4.79 Å². The molecule has 1 saturated heterocycles. The summed E-state index contributed by atoms with van der Waals surface area (Å²) in [5, 5.41) is 4.75. The van der Waals surface area contributed by atoms with Crippen LogP contribution < -0.4 is 0 Å². The number of aromatic amines is 1. The van der Waals surface area contributed by atoms with Gasteiger partial charge < -0.3 is 14.6 Å². The Morgan fingerprint density at radius 1 is 0.971 bits per heavy atom. The standard InChI is InChI=1S/C26H20N6O2/c33-26(31-11-13-34-14-12-31)20-5-3-19(4-6-20)22-9-10-25-27-16-21(32(25)30-22)7-1-18-2-8-23-24(15-18)29-17-28-23/h2-6,8-10,15-17H,11-14H2,(H,28,29). The molecule has 2 aromatic carbocycles. The summed E-state index contributed by atoms with van der Waals surface area (Å²) >= 11 is 0. The number of carbonyl (C=O) groups excluding carboxylic acids is 1. The molecule has 166 valence electrons. The van der Waals surface area contributed by atoms with Crippen molar-refractivity contribution < 1.29 is 9.53 Å². The summed E-state index contributed by atoms with van der Waals surface area (Å²) in [4.78, 5) is 26.3. The summed E-state index contributed by atoms with van der Waals surface area (Å²) in [6.45, 7) is 2.42. The molecule has 4 heterocycles. The molecule has 0 atom stereocenters. The lowest BCUT2D eigenvalue weighted by molar-refractivity contribution is 0.0303. The Balaban J connectivity index is 1.27. The first-order valence-electron chi connectivity index (χ1n) is 11.0. The number of nitrogens with one attached hydrogen (secondary N) is 1. The first-order valence-corrected chi connectivity index (χ1v) is 11.0. The lowest BCUT2D eigenvalue weighted by atomic mass is 10.1. The maximum absolute atomic E-state index is 12.7. The molecule has 5 aromatic rings. The lowest BCUT2D eigenvalue weighted by Gasteiger charge is -2.26. The Morgan fingerprint density at radius 2 is 1.82 bits per heavy atom. The van der Waals surface area contributed by atoms with Crippen LogP contribution in [-0.4, -0.2) is 61.7 Å². The predicted octanol–water partition coefficient (Wildman–Crippen LogP) is 3.14. The largest absolute Gasteiger partial charge is 0.378 e. The van der Waals surface area contributed by atoms with Crippen molar-refractivity contribution in [3.05, 3.63) is 83.9 Å². The number of imidazole rings is 2. The molecule has 1 N–H and O–H groups in total. The van der Waals surface area contributed by atoms with Crippen LogP contribution in [0.2, 0.25) is 0 Å². The van der Waals surface area contributed by atoms with Gasteiger partial charge in [-0.25, -0.2) is 14.5 Å². The maximum atomic E-state index is 12.7. The van der Waals surface area contributed by atoms with Crippen molar-refractivity contribution >= 4 is 22.6 Å². The van der Waals surface area contributed by atoms with Crippen molar-refractivity contribution in [2.75, 3.05) is 26.3 Å². The Morgan fingerprint density at radius 3 is 2.68 bits per heavy atom. The molecule has 1 amide bonds. The lowest BCUT2D eigenvalue weighted by Crippen LogP contribution is -2.40. The van der Waals surface area contributed by atoms with Crippen molar-refractivity contribution in [1.82, 2.24) is 29.5 Å². The number of carbonyl (C=O) groups is 1. The van der Waals surface area contributed by atoms with Crippen molar-refractivity contribution in [1.29, 1.82) is 0 Å². The molecule has 1 aliphatic heterocycles. The predicted molar refractivity (Wildman–Crippen MR) is 127 cm³/mol. The van der Waals surface area contributed by atoms with Gasteiger partial charge in [-0.05, 0) is 48.4 Å². The molecule has 0 aliphatic carbocycles. The maximum Gasteiger partial charge on any atom is 0.254 e. The zero-order valence-corrected chi connectivity index (χ0v) is 18.2. The van der Waals surface area contributed by atoms with E-state index in [2.05, 4.69) is 26.8 Å². The van der Waals surface area contributed by atoms with Crippen LogP contribution in [-0.2, 0) is 4.74 Å². The molecule has 0 bridgehead atoms. The zero-order chi connectivity index (χ0) is 22.9. The Kier molecular flexibility index (Phi) is 5.02. The van der Waals surface area contributed by atoms with E-state index in [4.69, 9.17) is 9.84 Å². The Hall–Kier alpha value is -4.48. The van der Waals surface area contributed by atoms with Gasteiger partial charge in [-0.2, -0.15) is 5.10 Å². The van der Waals surface area contributed by atoms with E-state index in [0.717, 1.165) is 33.5 Å². The van der Waals surface area contributed by atoms with E-state index in [1.807, 2.05) is 59.5 Å². The molecule has 34 heavy (non-hydrogen) atoms. The molecule has 8 nitrogen and oxygen atoms in total. The quantitative estimate of drug-likeness (QED) is 0.419. The number of H-pyrrole nitrogens is 1. The molecule has 0 saturated carbocycles. The van der Waals surface area contributed by atoms with E-state index in [1.165, 1.54) is 0 Å². The van der Waals surface area contributed by atoms with E-state index >= 15 is 0 Å². The minimum Gasteiger partial charge on any atom is -0.378 e. The van der Waals surface area contributed by atoms with Crippen LogP contribution in [0.1, 0.15) is 21.6 Å². The summed E-state index contributed by atoms with van der Waals surface area (Å²) in [5.74, 6) is 6.38. The van der Waals surface area contributed by atoms with E-state index in [0.29, 0.717) is 37.6 Å². The molecule has 3 aromatic heterocycles. The molecule has 0 unspecified atom stereocenters. The number of aromatic nitrogens is 5. The summed E-state index contributed by atoms with van der Waals surface area (Å²) in [5.41, 5.74) is 6.50. The van der Waals surface area contributed by atoms with Crippen LogP contribution in [0.15, 0.2) is 67.1 Å². The SMILES string of the molecule is O=C(c1ccc(-c2ccc3ncc(C#Cc4ccc5nc[nH]c5c4)n3n2)cc1)N1CCOCC1. The number of ether oxygens (including phenoxy) is 1. The van der Waals surface area contributed by atoms with Crippen molar-refractivity contribution in [3.63, 3.8) is 0 Å². The van der Waals surface area contributed by atoms with Gasteiger partial charge >= 0.3 is 0 Å². The number of nitrogens with zero attached hydrogens (tertiary/aromatic N) is 5. The van der Waals surface area contributed by atoms with Crippen LogP contribution in [0, 0.1) is 11.8 Å². The van der Waals surface area contributed by atoms with Gasteiger partial charge in [0, 0.05) is 29.8 Å². The van der Waals surface area contributed by atoms with Gasteiger partial charge in [0.25, 0.3) is 5.91 Å². The molecule has 1 fully saturated rings. The first kappa shape index (κ1) is 20.1. The fraction of sp³-hybridized carbons (Fsp3) is 0.154. The van der Waals surface area contributed by atoms with E-state index < -0.39 is 0 Å². The number of morpholine rings is 1. The number of benzene rings is 2. The molecule has 0 spiro atoms. The van der Waals surface area contributed by atoms with Gasteiger partial charge in [0.1, 0.15) is 5.69 Å². The highest BCUT2D eigenvalue weighted by Crippen LogP contribution is 2.20. The first-order chi connectivity index (χ1) is 16.7. The third-order valence-corrected chi connectivity index (χ3v) is 5.84. The van der Waals surface area contributed by atoms with Crippen molar-refractivity contribution in [2.24, 2.45) is 0 Å². The minimum absolute atomic E-state index is 0.0266. The van der Waals surface area contributed by atoms with Gasteiger partial charge in [-0.15, -0.1) is 0 Å². The summed E-state index contributed by atoms with van der Waals surface area (Å²) in [7, 11) is 0. The number of amides is 1.